The molecule has 0 aromatic carbocycles. The van der Waals surface area contributed by atoms with Crippen molar-refractivity contribution in [1.82, 2.24) is 49.5 Å². The smallest absolute Gasteiger partial charge is 0.179 e. The van der Waals surface area contributed by atoms with E-state index in [0.717, 1.165) is 87.6 Å². The van der Waals surface area contributed by atoms with Crippen LogP contribution in [-0.2, 0) is 26.9 Å². The van der Waals surface area contributed by atoms with Gasteiger partial charge in [-0.1, -0.05) is 12.1 Å². The van der Waals surface area contributed by atoms with Crippen molar-refractivity contribution in [2.45, 2.75) is 47.0 Å². The highest BCUT2D eigenvalue weighted by atomic mass is 15.3. The van der Waals surface area contributed by atoms with Gasteiger partial charge in [-0.3, -0.25) is 9.36 Å². The summed E-state index contributed by atoms with van der Waals surface area (Å²) in [5.74, 6) is 1.22. The van der Waals surface area contributed by atoms with E-state index in [9.17, 15) is 0 Å². The van der Waals surface area contributed by atoms with Gasteiger partial charge in [-0.25, -0.2) is 29.9 Å². The van der Waals surface area contributed by atoms with Crippen molar-refractivity contribution < 1.29 is 0 Å². The number of nitrogens with zero attached hydrogens (tertiary/aromatic N) is 10. The highest BCUT2D eigenvalue weighted by Gasteiger charge is 2.16. The minimum Gasteiger partial charge on any atom is -0.266 e. The second-order valence-corrected chi connectivity index (χ2v) is 10.9. The van der Waals surface area contributed by atoms with Crippen LogP contribution in [0.5, 0.6) is 0 Å². The van der Waals surface area contributed by atoms with Gasteiger partial charge in [0.1, 0.15) is 11.4 Å². The highest BCUT2D eigenvalue weighted by Crippen LogP contribution is 2.25. The summed E-state index contributed by atoms with van der Waals surface area (Å²) in [7, 11) is 3.87. The number of pyridine rings is 2. The first-order valence-electron chi connectivity index (χ1n) is 14.4. The molecule has 43 heavy (non-hydrogen) atoms. The van der Waals surface area contributed by atoms with E-state index in [2.05, 4.69) is 32.3 Å². The lowest BCUT2D eigenvalue weighted by atomic mass is 10.1. The largest absolute Gasteiger partial charge is 0.266 e. The molecule has 0 fully saturated rings. The summed E-state index contributed by atoms with van der Waals surface area (Å²) in [6.07, 6.45) is 2.32. The maximum atomic E-state index is 4.93. The summed E-state index contributed by atoms with van der Waals surface area (Å²) >= 11 is 0. The zero-order chi connectivity index (χ0) is 30.1. The Bertz CT molecular complexity index is 1800. The van der Waals surface area contributed by atoms with Crippen LogP contribution < -0.4 is 0 Å². The first-order chi connectivity index (χ1) is 20.7. The van der Waals surface area contributed by atoms with Crippen molar-refractivity contribution in [3.8, 4) is 45.8 Å². The topological polar surface area (TPSA) is 113 Å². The van der Waals surface area contributed by atoms with Crippen LogP contribution in [0.3, 0.4) is 0 Å². The predicted octanol–water partition coefficient (Wildman–Crippen LogP) is 5.60. The van der Waals surface area contributed by atoms with Crippen molar-refractivity contribution in [3.63, 3.8) is 0 Å². The van der Waals surface area contributed by atoms with E-state index in [0.29, 0.717) is 11.6 Å². The Hall–Kier alpha value is -5.12. The molecule has 10 nitrogen and oxygen atoms in total. The van der Waals surface area contributed by atoms with Crippen molar-refractivity contribution in [3.05, 3.63) is 94.8 Å². The van der Waals surface area contributed by atoms with E-state index < -0.39 is 0 Å². The fraction of sp³-hybridized carbons (Fsp3) is 0.273. The monoisotopic (exact) mass is 570 g/mol. The molecule has 0 bridgehead atoms. The maximum Gasteiger partial charge on any atom is 0.179 e. The van der Waals surface area contributed by atoms with Gasteiger partial charge in [0.2, 0.25) is 0 Å². The number of rotatable bonds is 8. The van der Waals surface area contributed by atoms with Gasteiger partial charge in [-0.05, 0) is 95.5 Å². The second kappa shape index (κ2) is 11.6. The van der Waals surface area contributed by atoms with Crippen LogP contribution in [0, 0.1) is 27.7 Å². The molecule has 6 aromatic rings. The van der Waals surface area contributed by atoms with Crippen LogP contribution in [0.2, 0.25) is 0 Å². The van der Waals surface area contributed by atoms with Crippen LogP contribution in [0.15, 0.2) is 60.7 Å². The normalized spacial score (nSPS) is 11.3. The van der Waals surface area contributed by atoms with Crippen molar-refractivity contribution in [2.75, 3.05) is 0 Å². The zero-order valence-corrected chi connectivity index (χ0v) is 25.4. The van der Waals surface area contributed by atoms with Crippen LogP contribution in [0.4, 0.5) is 0 Å². The molecule has 216 valence electrons. The maximum absolute atomic E-state index is 4.93. The first-order valence-corrected chi connectivity index (χ1v) is 14.4. The fourth-order valence-electron chi connectivity index (χ4n) is 5.23. The average molecular weight is 571 g/mol. The summed E-state index contributed by atoms with van der Waals surface area (Å²) in [5, 5.41) is 9.06. The molecule has 6 aromatic heterocycles. The Kier molecular flexibility index (Phi) is 7.58. The molecule has 0 N–H and O–H groups in total. The Morgan fingerprint density at radius 2 is 0.930 bits per heavy atom. The van der Waals surface area contributed by atoms with Crippen molar-refractivity contribution >= 4 is 0 Å². The summed E-state index contributed by atoms with van der Waals surface area (Å²) in [4.78, 5) is 29.0. The van der Waals surface area contributed by atoms with Gasteiger partial charge >= 0.3 is 0 Å². The van der Waals surface area contributed by atoms with E-state index in [1.807, 2.05) is 99.7 Å². The lowest BCUT2D eigenvalue weighted by Gasteiger charge is -2.10. The van der Waals surface area contributed by atoms with E-state index in [1.165, 1.54) is 0 Å². The number of aryl methyl sites for hydroxylation is 8. The van der Waals surface area contributed by atoms with E-state index in [4.69, 9.17) is 19.9 Å². The van der Waals surface area contributed by atoms with Gasteiger partial charge in [0.25, 0.3) is 0 Å². The Morgan fingerprint density at radius 1 is 0.488 bits per heavy atom. The predicted molar refractivity (Wildman–Crippen MR) is 166 cm³/mol. The molecule has 10 heteroatoms. The van der Waals surface area contributed by atoms with Crippen LogP contribution in [0.25, 0.3) is 45.8 Å². The molecule has 0 saturated carbocycles. The standard InChI is InChI=1S/C33H34N10/c1-20-10-7-14-26(34-20)32-36-24(18-28(38-32)30-16-22(3)40-42(30)5)12-9-13-25-19-29(31-17-23(4)41-43(31)6)39-33(37-25)27-15-8-11-21(2)35-27/h7-8,10-11,14-19H,9,12-13H2,1-6H3. The Morgan fingerprint density at radius 3 is 1.30 bits per heavy atom. The van der Waals surface area contributed by atoms with E-state index >= 15 is 0 Å². The molecular weight excluding hydrogens is 536 g/mol. The molecule has 0 saturated heterocycles. The van der Waals surface area contributed by atoms with Gasteiger partial charge in [0.15, 0.2) is 11.6 Å². The third kappa shape index (κ3) is 6.23. The zero-order valence-electron chi connectivity index (χ0n) is 25.4. The summed E-state index contributed by atoms with van der Waals surface area (Å²) in [6.45, 7) is 7.92. The van der Waals surface area contributed by atoms with Crippen molar-refractivity contribution in [2.24, 2.45) is 14.1 Å². The lowest BCUT2D eigenvalue weighted by molar-refractivity contribution is 0.755. The van der Waals surface area contributed by atoms with Gasteiger partial charge in [0.05, 0.1) is 34.2 Å². The Balaban J connectivity index is 1.32. The average Bonchev–Trinajstić information content (AvgIpc) is 3.51. The van der Waals surface area contributed by atoms with Gasteiger partial charge in [0, 0.05) is 36.9 Å². The summed E-state index contributed by atoms with van der Waals surface area (Å²) in [6, 6.07) is 20.0. The molecule has 0 aliphatic carbocycles. The van der Waals surface area contributed by atoms with Crippen LogP contribution in [-0.4, -0.2) is 49.5 Å². The molecule has 0 radical (unpaired) electrons. The molecule has 0 spiro atoms. The van der Waals surface area contributed by atoms with E-state index in [-0.39, 0.29) is 0 Å². The third-order valence-electron chi connectivity index (χ3n) is 7.19. The van der Waals surface area contributed by atoms with Crippen LogP contribution in [0.1, 0.15) is 40.6 Å². The van der Waals surface area contributed by atoms with Gasteiger partial charge < -0.3 is 0 Å². The molecule has 6 rings (SSSR count). The SMILES string of the molecule is Cc1cccc(-c2nc(CCCc3cc(-c4cc(C)nn4C)nc(-c4cccc(C)n4)n3)cc(-c3cc(C)nn3C)n2)n1. The molecule has 0 atom stereocenters. The lowest BCUT2D eigenvalue weighted by Crippen LogP contribution is -2.05. The van der Waals surface area contributed by atoms with Crippen LogP contribution >= 0.6 is 0 Å². The van der Waals surface area contributed by atoms with Gasteiger partial charge in [-0.15, -0.1) is 0 Å². The fourth-order valence-corrected chi connectivity index (χ4v) is 5.23. The number of hydrogen-bond donors (Lipinski definition) is 0. The molecule has 0 aliphatic rings. The minimum absolute atomic E-state index is 0.610. The molecule has 0 amide bonds. The third-order valence-corrected chi connectivity index (χ3v) is 7.19. The molecular formula is C33H34N10. The molecule has 6 heterocycles. The van der Waals surface area contributed by atoms with E-state index in [1.54, 1.807) is 0 Å². The number of hydrogen-bond acceptors (Lipinski definition) is 8. The van der Waals surface area contributed by atoms with Gasteiger partial charge in [-0.2, -0.15) is 10.2 Å². The summed E-state index contributed by atoms with van der Waals surface area (Å²) < 4.78 is 3.72. The number of aromatic nitrogens is 10. The quantitative estimate of drug-likeness (QED) is 0.232. The van der Waals surface area contributed by atoms with Crippen molar-refractivity contribution in [1.29, 1.82) is 0 Å². The minimum atomic E-state index is 0.610. The second-order valence-electron chi connectivity index (χ2n) is 10.9. The Labute approximate surface area is 251 Å². The molecule has 0 aliphatic heterocycles. The first kappa shape index (κ1) is 28.0. The molecule has 0 unspecified atom stereocenters. The highest BCUT2D eigenvalue weighted by molar-refractivity contribution is 5.62. The summed E-state index contributed by atoms with van der Waals surface area (Å²) in [5.41, 5.74) is 10.7.